The van der Waals surface area contributed by atoms with E-state index in [1.54, 1.807) is 12.1 Å². The van der Waals surface area contributed by atoms with Gasteiger partial charge in [0.2, 0.25) is 5.78 Å². The number of fused-ring (bicyclic) bond motifs is 1. The van der Waals surface area contributed by atoms with Gasteiger partial charge in [0.25, 0.3) is 5.91 Å². The van der Waals surface area contributed by atoms with Crippen LogP contribution in [-0.4, -0.2) is 16.7 Å². The van der Waals surface area contributed by atoms with Crippen molar-refractivity contribution in [1.29, 1.82) is 0 Å². The number of allylic oxidation sites excluding steroid dienone is 2. The standard InChI is InChI=1S/C11H8N2O2/c1-2-4-8-9(14)7-5-3-6-12-10(7)13-11(8)15/h2-6H,1H2,(H,12,13,15). The van der Waals surface area contributed by atoms with E-state index in [0.29, 0.717) is 11.4 Å². The molecule has 0 saturated carbocycles. The Labute approximate surface area is 86.3 Å². The first-order valence-electron chi connectivity index (χ1n) is 4.38. The van der Waals surface area contributed by atoms with E-state index in [1.165, 1.54) is 18.3 Å². The van der Waals surface area contributed by atoms with Crippen molar-refractivity contribution in [3.8, 4) is 0 Å². The molecule has 15 heavy (non-hydrogen) atoms. The zero-order chi connectivity index (χ0) is 10.8. The van der Waals surface area contributed by atoms with Crippen LogP contribution in [0.15, 0.2) is 42.6 Å². The summed E-state index contributed by atoms with van der Waals surface area (Å²) >= 11 is 0. The lowest BCUT2D eigenvalue weighted by Gasteiger charge is -2.15. The van der Waals surface area contributed by atoms with Gasteiger partial charge < -0.3 is 5.32 Å². The van der Waals surface area contributed by atoms with Gasteiger partial charge in [-0.3, -0.25) is 9.59 Å². The summed E-state index contributed by atoms with van der Waals surface area (Å²) in [6.45, 7) is 3.46. The maximum Gasteiger partial charge on any atom is 0.260 e. The fraction of sp³-hybridized carbons (Fsp3) is 0. The van der Waals surface area contributed by atoms with Crippen LogP contribution in [0.2, 0.25) is 0 Å². The zero-order valence-corrected chi connectivity index (χ0v) is 7.86. The Morgan fingerprint density at radius 1 is 1.40 bits per heavy atom. The van der Waals surface area contributed by atoms with E-state index < -0.39 is 5.91 Å². The Kier molecular flexibility index (Phi) is 2.17. The van der Waals surface area contributed by atoms with E-state index in [9.17, 15) is 9.59 Å². The number of hydrogen-bond acceptors (Lipinski definition) is 3. The molecule has 0 aromatic carbocycles. The van der Waals surface area contributed by atoms with Gasteiger partial charge in [0.1, 0.15) is 5.82 Å². The van der Waals surface area contributed by atoms with Crippen molar-refractivity contribution in [3.63, 3.8) is 0 Å². The highest BCUT2D eigenvalue weighted by Crippen LogP contribution is 2.22. The third-order valence-corrected chi connectivity index (χ3v) is 2.06. The number of carbonyl (C=O) groups is 2. The smallest absolute Gasteiger partial charge is 0.260 e. The van der Waals surface area contributed by atoms with Crippen molar-refractivity contribution in [1.82, 2.24) is 4.98 Å². The van der Waals surface area contributed by atoms with Crippen LogP contribution < -0.4 is 5.32 Å². The zero-order valence-electron chi connectivity index (χ0n) is 7.86. The monoisotopic (exact) mass is 200 g/mol. The molecule has 1 aliphatic rings. The number of hydrogen-bond donors (Lipinski definition) is 1. The van der Waals surface area contributed by atoms with Crippen LogP contribution in [0.5, 0.6) is 0 Å². The van der Waals surface area contributed by atoms with Gasteiger partial charge >= 0.3 is 0 Å². The van der Waals surface area contributed by atoms with Crippen LogP contribution in [0.1, 0.15) is 10.4 Å². The van der Waals surface area contributed by atoms with Crippen molar-refractivity contribution in [2.45, 2.75) is 0 Å². The average molecular weight is 200 g/mol. The van der Waals surface area contributed by atoms with Crippen LogP contribution >= 0.6 is 0 Å². The first-order valence-corrected chi connectivity index (χ1v) is 4.38. The van der Waals surface area contributed by atoms with Crippen molar-refractivity contribution in [3.05, 3.63) is 48.2 Å². The molecule has 4 nitrogen and oxygen atoms in total. The Morgan fingerprint density at radius 3 is 2.93 bits per heavy atom. The van der Waals surface area contributed by atoms with Crippen molar-refractivity contribution in [2.75, 3.05) is 5.32 Å². The van der Waals surface area contributed by atoms with Crippen LogP contribution in [-0.2, 0) is 4.79 Å². The summed E-state index contributed by atoms with van der Waals surface area (Å²) in [5.41, 5.74) is 0.496. The van der Waals surface area contributed by atoms with Crippen LogP contribution in [0.3, 0.4) is 0 Å². The van der Waals surface area contributed by atoms with Gasteiger partial charge in [-0.2, -0.15) is 0 Å². The highest BCUT2D eigenvalue weighted by atomic mass is 16.2. The summed E-state index contributed by atoms with van der Waals surface area (Å²) in [6, 6.07) is 3.28. The number of aromatic nitrogens is 1. The third-order valence-electron chi connectivity index (χ3n) is 2.06. The summed E-state index contributed by atoms with van der Waals surface area (Å²) in [6.07, 6.45) is 4.33. The molecule has 0 unspecified atom stereocenters. The van der Waals surface area contributed by atoms with E-state index >= 15 is 0 Å². The van der Waals surface area contributed by atoms with E-state index in [0.717, 1.165) is 0 Å². The van der Waals surface area contributed by atoms with Crippen molar-refractivity contribution < 1.29 is 9.59 Å². The average Bonchev–Trinajstić information content (AvgIpc) is 2.24. The number of Topliss-reactive ketones (excluding diaryl/α,β-unsaturated/α-hetero) is 1. The van der Waals surface area contributed by atoms with E-state index in [-0.39, 0.29) is 11.4 Å². The molecule has 0 radical (unpaired) electrons. The number of carbonyl (C=O) groups excluding carboxylic acids is 2. The molecule has 0 aliphatic carbocycles. The van der Waals surface area contributed by atoms with Gasteiger partial charge in [-0.25, -0.2) is 4.98 Å². The minimum absolute atomic E-state index is 0.0884. The van der Waals surface area contributed by atoms with Crippen LogP contribution in [0.25, 0.3) is 0 Å². The second-order valence-electron chi connectivity index (χ2n) is 3.00. The molecule has 0 spiro atoms. The number of ketones is 1. The maximum absolute atomic E-state index is 11.8. The molecular formula is C11H8N2O2. The number of anilines is 1. The van der Waals surface area contributed by atoms with Gasteiger partial charge in [0.15, 0.2) is 0 Å². The topological polar surface area (TPSA) is 59.1 Å². The molecule has 0 fully saturated rings. The number of pyridine rings is 1. The van der Waals surface area contributed by atoms with Crippen LogP contribution in [0, 0.1) is 0 Å². The van der Waals surface area contributed by atoms with E-state index in [4.69, 9.17) is 0 Å². The molecule has 0 saturated heterocycles. The molecule has 2 heterocycles. The fourth-order valence-corrected chi connectivity index (χ4v) is 1.38. The number of nitrogens with zero attached hydrogens (tertiary/aromatic N) is 1. The van der Waals surface area contributed by atoms with E-state index in [2.05, 4.69) is 16.9 Å². The molecule has 0 atom stereocenters. The van der Waals surface area contributed by atoms with Crippen molar-refractivity contribution in [2.24, 2.45) is 0 Å². The van der Waals surface area contributed by atoms with E-state index in [1.807, 2.05) is 0 Å². The highest BCUT2D eigenvalue weighted by molar-refractivity contribution is 6.33. The molecule has 4 heteroatoms. The van der Waals surface area contributed by atoms with Crippen LogP contribution in [0.4, 0.5) is 5.82 Å². The molecule has 2 rings (SSSR count). The molecule has 1 aromatic rings. The molecule has 74 valence electrons. The Balaban J connectivity index is 2.57. The highest BCUT2D eigenvalue weighted by Gasteiger charge is 2.28. The first kappa shape index (κ1) is 9.33. The lowest BCUT2D eigenvalue weighted by molar-refractivity contribution is -0.112. The summed E-state index contributed by atoms with van der Waals surface area (Å²) in [5, 5.41) is 2.54. The Bertz CT molecular complexity index is 489. The molecule has 1 aliphatic heterocycles. The largest absolute Gasteiger partial charge is 0.306 e. The fourth-order valence-electron chi connectivity index (χ4n) is 1.38. The minimum Gasteiger partial charge on any atom is -0.306 e. The summed E-state index contributed by atoms with van der Waals surface area (Å²) in [7, 11) is 0. The molecule has 1 amide bonds. The quantitative estimate of drug-likeness (QED) is 0.549. The SMILES string of the molecule is C=CC=C1C(=O)Nc2ncccc2C1=O. The van der Waals surface area contributed by atoms with Crippen molar-refractivity contribution >= 4 is 17.5 Å². The first-order chi connectivity index (χ1) is 7.24. The minimum atomic E-state index is -0.439. The van der Waals surface area contributed by atoms with Gasteiger partial charge in [-0.15, -0.1) is 0 Å². The predicted octanol–water partition coefficient (Wildman–Crippen LogP) is 1.33. The lowest BCUT2D eigenvalue weighted by Crippen LogP contribution is -2.28. The number of amides is 1. The number of rotatable bonds is 1. The third kappa shape index (κ3) is 1.46. The summed E-state index contributed by atoms with van der Waals surface area (Å²) in [4.78, 5) is 27.2. The molecule has 1 aromatic heterocycles. The molecule has 1 N–H and O–H groups in total. The van der Waals surface area contributed by atoms with Gasteiger partial charge in [-0.1, -0.05) is 12.7 Å². The van der Waals surface area contributed by atoms with Gasteiger partial charge in [0.05, 0.1) is 11.1 Å². The van der Waals surface area contributed by atoms with Gasteiger partial charge in [-0.05, 0) is 18.2 Å². The van der Waals surface area contributed by atoms with Gasteiger partial charge in [0, 0.05) is 6.20 Å². The Morgan fingerprint density at radius 2 is 2.20 bits per heavy atom. The number of nitrogens with one attached hydrogen (secondary N) is 1. The predicted molar refractivity (Wildman–Crippen MR) is 55.5 cm³/mol. The summed E-state index contributed by atoms with van der Waals surface area (Å²) < 4.78 is 0. The molecular weight excluding hydrogens is 192 g/mol. The lowest BCUT2D eigenvalue weighted by atomic mass is 9.99. The molecule has 0 bridgehead atoms. The second kappa shape index (κ2) is 3.49. The Hall–Kier alpha value is -2.23. The second-order valence-corrected chi connectivity index (χ2v) is 3.00. The normalized spacial score (nSPS) is 17.2. The summed E-state index contributed by atoms with van der Waals surface area (Å²) in [5.74, 6) is -0.443. The maximum atomic E-state index is 11.8.